The summed E-state index contributed by atoms with van der Waals surface area (Å²) in [5.41, 5.74) is 1.20. The quantitative estimate of drug-likeness (QED) is 0.791. The Kier molecular flexibility index (Phi) is 5.33. The number of piperidine rings is 1. The van der Waals surface area contributed by atoms with E-state index in [9.17, 15) is 4.79 Å². The van der Waals surface area contributed by atoms with Crippen molar-refractivity contribution in [2.75, 3.05) is 18.8 Å². The molecule has 1 saturated heterocycles. The third-order valence-corrected chi connectivity index (χ3v) is 5.18. The Labute approximate surface area is 141 Å². The summed E-state index contributed by atoms with van der Waals surface area (Å²) in [5, 5.41) is 4.35. The molecule has 2 aromatic heterocycles. The molecule has 0 aliphatic carbocycles. The normalized spacial score (nSPS) is 15.8. The molecule has 23 heavy (non-hydrogen) atoms. The van der Waals surface area contributed by atoms with Gasteiger partial charge in [0.2, 0.25) is 5.91 Å². The number of likely N-dealkylation sites (tertiary alicyclic amines) is 1. The molecule has 3 heterocycles. The minimum absolute atomic E-state index is 0.236. The number of pyridine rings is 1. The van der Waals surface area contributed by atoms with Crippen molar-refractivity contribution in [2.45, 2.75) is 31.2 Å². The summed E-state index contributed by atoms with van der Waals surface area (Å²) in [5.74, 6) is 1.36. The lowest BCUT2D eigenvalue weighted by Gasteiger charge is -2.32. The average molecular weight is 330 g/mol. The van der Waals surface area contributed by atoms with Crippen LogP contribution in [0.3, 0.4) is 0 Å². The zero-order valence-corrected chi connectivity index (χ0v) is 14.2. The predicted octanol–water partition coefficient (Wildman–Crippen LogP) is 2.62. The Morgan fingerprint density at radius 1 is 1.30 bits per heavy atom. The lowest BCUT2D eigenvalue weighted by molar-refractivity contribution is -0.129. The van der Waals surface area contributed by atoms with Crippen molar-refractivity contribution in [3.63, 3.8) is 0 Å². The highest BCUT2D eigenvalue weighted by atomic mass is 32.2. The standard InChI is InChI=1S/C17H22N4OS/c1-14-10-19-21(11-14)12-15-4-8-20(9-5-15)17(22)13-23-16-2-6-18-7-3-16/h2-3,6-7,10-11,15H,4-5,8-9,12-13H2,1H3. The van der Waals surface area contributed by atoms with Crippen LogP contribution >= 0.6 is 11.8 Å². The van der Waals surface area contributed by atoms with E-state index in [2.05, 4.69) is 23.2 Å². The predicted molar refractivity (Wildman–Crippen MR) is 91.2 cm³/mol. The molecule has 6 heteroatoms. The highest BCUT2D eigenvalue weighted by Crippen LogP contribution is 2.21. The van der Waals surface area contributed by atoms with Crippen LogP contribution in [0, 0.1) is 12.8 Å². The summed E-state index contributed by atoms with van der Waals surface area (Å²) in [6.45, 7) is 4.74. The fourth-order valence-corrected chi connectivity index (χ4v) is 3.65. The van der Waals surface area contributed by atoms with Crippen LogP contribution in [-0.2, 0) is 11.3 Å². The Balaban J connectivity index is 1.42. The molecule has 2 aromatic rings. The number of thioether (sulfide) groups is 1. The molecule has 1 aliphatic heterocycles. The summed E-state index contributed by atoms with van der Waals surface area (Å²) < 4.78 is 2.02. The number of aryl methyl sites for hydroxylation is 1. The van der Waals surface area contributed by atoms with Gasteiger partial charge in [-0.25, -0.2) is 0 Å². The van der Waals surface area contributed by atoms with Crippen LogP contribution in [0.25, 0.3) is 0 Å². The van der Waals surface area contributed by atoms with Gasteiger partial charge in [-0.1, -0.05) is 0 Å². The zero-order valence-electron chi connectivity index (χ0n) is 13.4. The molecule has 1 aliphatic rings. The van der Waals surface area contributed by atoms with Gasteiger partial charge in [-0.15, -0.1) is 11.8 Å². The molecule has 0 radical (unpaired) electrons. The van der Waals surface area contributed by atoms with E-state index in [-0.39, 0.29) is 5.91 Å². The maximum atomic E-state index is 12.3. The third kappa shape index (κ3) is 4.58. The van der Waals surface area contributed by atoms with Crippen molar-refractivity contribution in [3.8, 4) is 0 Å². The Bertz CT molecular complexity index is 635. The second-order valence-corrected chi connectivity index (χ2v) is 7.08. The van der Waals surface area contributed by atoms with Crippen molar-refractivity contribution in [2.24, 2.45) is 5.92 Å². The number of amides is 1. The molecule has 0 aromatic carbocycles. The first kappa shape index (κ1) is 16.1. The molecule has 1 fully saturated rings. The van der Waals surface area contributed by atoms with Gasteiger partial charge in [0.1, 0.15) is 0 Å². The lowest BCUT2D eigenvalue weighted by Crippen LogP contribution is -2.40. The molecule has 0 unspecified atom stereocenters. The van der Waals surface area contributed by atoms with Crippen LogP contribution in [0.15, 0.2) is 41.8 Å². The Morgan fingerprint density at radius 2 is 2.04 bits per heavy atom. The van der Waals surface area contributed by atoms with E-state index in [1.165, 1.54) is 5.56 Å². The van der Waals surface area contributed by atoms with Crippen LogP contribution in [-0.4, -0.2) is 44.4 Å². The number of hydrogen-bond acceptors (Lipinski definition) is 4. The fourth-order valence-electron chi connectivity index (χ4n) is 2.87. The molecule has 0 bridgehead atoms. The first-order valence-corrected chi connectivity index (χ1v) is 8.99. The van der Waals surface area contributed by atoms with Gasteiger partial charge < -0.3 is 4.90 Å². The van der Waals surface area contributed by atoms with Crippen LogP contribution in [0.1, 0.15) is 18.4 Å². The fraction of sp³-hybridized carbons (Fsp3) is 0.471. The van der Waals surface area contributed by atoms with E-state index in [1.807, 2.05) is 27.9 Å². The molecule has 0 N–H and O–H groups in total. The van der Waals surface area contributed by atoms with Gasteiger partial charge in [-0.2, -0.15) is 5.10 Å². The van der Waals surface area contributed by atoms with E-state index in [1.54, 1.807) is 24.2 Å². The number of aromatic nitrogens is 3. The highest BCUT2D eigenvalue weighted by molar-refractivity contribution is 8.00. The highest BCUT2D eigenvalue weighted by Gasteiger charge is 2.23. The van der Waals surface area contributed by atoms with E-state index < -0.39 is 0 Å². The maximum Gasteiger partial charge on any atom is 0.232 e. The van der Waals surface area contributed by atoms with Crippen LogP contribution < -0.4 is 0 Å². The number of nitrogens with zero attached hydrogens (tertiary/aromatic N) is 4. The summed E-state index contributed by atoms with van der Waals surface area (Å²) >= 11 is 1.58. The maximum absolute atomic E-state index is 12.3. The number of hydrogen-bond donors (Lipinski definition) is 0. The van der Waals surface area contributed by atoms with Gasteiger partial charge in [0.25, 0.3) is 0 Å². The molecular weight excluding hydrogens is 308 g/mol. The van der Waals surface area contributed by atoms with Crippen LogP contribution in [0.2, 0.25) is 0 Å². The second kappa shape index (κ2) is 7.64. The van der Waals surface area contributed by atoms with Gasteiger partial charge in [0.15, 0.2) is 0 Å². The summed E-state index contributed by atoms with van der Waals surface area (Å²) in [4.78, 5) is 19.4. The Hall–Kier alpha value is -1.82. The van der Waals surface area contributed by atoms with Crippen molar-refractivity contribution >= 4 is 17.7 Å². The SMILES string of the molecule is Cc1cnn(CC2CCN(C(=O)CSc3ccncc3)CC2)c1. The zero-order chi connectivity index (χ0) is 16.1. The molecule has 3 rings (SSSR count). The van der Waals surface area contributed by atoms with E-state index in [4.69, 9.17) is 0 Å². The van der Waals surface area contributed by atoms with Crippen LogP contribution in [0.5, 0.6) is 0 Å². The third-order valence-electron chi connectivity index (χ3n) is 4.19. The Morgan fingerprint density at radius 3 is 2.70 bits per heavy atom. The largest absolute Gasteiger partial charge is 0.342 e. The molecule has 0 saturated carbocycles. The first-order valence-electron chi connectivity index (χ1n) is 8.00. The number of carbonyl (C=O) groups excluding carboxylic acids is 1. The van der Waals surface area contributed by atoms with E-state index >= 15 is 0 Å². The van der Waals surface area contributed by atoms with E-state index in [0.29, 0.717) is 11.7 Å². The topological polar surface area (TPSA) is 51.0 Å². The minimum atomic E-state index is 0.236. The van der Waals surface area contributed by atoms with Crippen molar-refractivity contribution < 1.29 is 4.79 Å². The lowest BCUT2D eigenvalue weighted by atomic mass is 9.97. The van der Waals surface area contributed by atoms with Gasteiger partial charge in [0.05, 0.1) is 11.9 Å². The number of carbonyl (C=O) groups is 1. The van der Waals surface area contributed by atoms with Crippen molar-refractivity contribution in [1.82, 2.24) is 19.7 Å². The van der Waals surface area contributed by atoms with Gasteiger partial charge in [-0.3, -0.25) is 14.5 Å². The van der Waals surface area contributed by atoms with E-state index in [0.717, 1.165) is 37.4 Å². The second-order valence-electron chi connectivity index (χ2n) is 6.04. The van der Waals surface area contributed by atoms with Gasteiger partial charge in [-0.05, 0) is 43.4 Å². The van der Waals surface area contributed by atoms with Crippen molar-refractivity contribution in [3.05, 3.63) is 42.5 Å². The number of rotatable bonds is 5. The summed E-state index contributed by atoms with van der Waals surface area (Å²) in [6, 6.07) is 3.88. The monoisotopic (exact) mass is 330 g/mol. The summed E-state index contributed by atoms with van der Waals surface area (Å²) in [7, 11) is 0. The molecule has 5 nitrogen and oxygen atoms in total. The molecular formula is C17H22N4OS. The molecule has 122 valence electrons. The summed E-state index contributed by atoms with van der Waals surface area (Å²) in [6.07, 6.45) is 9.62. The van der Waals surface area contributed by atoms with Crippen LogP contribution in [0.4, 0.5) is 0 Å². The van der Waals surface area contributed by atoms with Crippen molar-refractivity contribution in [1.29, 1.82) is 0 Å². The van der Waals surface area contributed by atoms with Gasteiger partial charge in [0, 0.05) is 43.1 Å². The molecule has 0 spiro atoms. The smallest absolute Gasteiger partial charge is 0.232 e. The minimum Gasteiger partial charge on any atom is -0.342 e. The molecule has 1 amide bonds. The average Bonchev–Trinajstić information content (AvgIpc) is 2.99. The first-order chi connectivity index (χ1) is 11.2. The van der Waals surface area contributed by atoms with Gasteiger partial charge >= 0.3 is 0 Å². The molecule has 0 atom stereocenters.